The Bertz CT molecular complexity index is 1670. The zero-order valence-electron chi connectivity index (χ0n) is 24.9. The SMILES string of the molecule is COc1ccc(C)cc1-c1nc2c(n1C(C)C)C(c1ccc(Cl)cc1)N(c1cccc(Cl)c1F)C2=O.O=CN1CCOCC1. The molecule has 2 aliphatic heterocycles. The first-order valence-corrected chi connectivity index (χ1v) is 15.0. The van der Waals surface area contributed by atoms with Gasteiger partial charge < -0.3 is 18.9 Å². The third kappa shape index (κ3) is 6.04. The highest BCUT2D eigenvalue weighted by atomic mass is 35.5. The van der Waals surface area contributed by atoms with Gasteiger partial charge in [0.15, 0.2) is 11.5 Å². The van der Waals surface area contributed by atoms with E-state index in [-0.39, 0.29) is 22.4 Å². The van der Waals surface area contributed by atoms with Crippen molar-refractivity contribution in [3.8, 4) is 17.1 Å². The highest BCUT2D eigenvalue weighted by Gasteiger charge is 2.45. The van der Waals surface area contributed by atoms with Crippen molar-refractivity contribution in [1.29, 1.82) is 0 Å². The van der Waals surface area contributed by atoms with E-state index in [9.17, 15) is 9.59 Å². The number of aromatic nitrogens is 2. The molecule has 44 heavy (non-hydrogen) atoms. The van der Waals surface area contributed by atoms with Crippen LogP contribution in [0.2, 0.25) is 10.0 Å². The molecule has 3 heterocycles. The minimum atomic E-state index is -0.659. The molecular weight excluding hydrogens is 606 g/mol. The predicted octanol–water partition coefficient (Wildman–Crippen LogP) is 7.12. The zero-order chi connectivity index (χ0) is 31.5. The van der Waals surface area contributed by atoms with E-state index in [0.29, 0.717) is 35.5 Å². The van der Waals surface area contributed by atoms with E-state index in [4.69, 9.17) is 37.7 Å². The van der Waals surface area contributed by atoms with Crippen LogP contribution in [0.25, 0.3) is 11.4 Å². The van der Waals surface area contributed by atoms with Gasteiger partial charge in [0.05, 0.1) is 42.3 Å². The maximum absolute atomic E-state index is 15.3. The summed E-state index contributed by atoms with van der Waals surface area (Å²) in [5, 5.41) is 0.503. The number of anilines is 1. The van der Waals surface area contributed by atoms with Crippen LogP contribution in [-0.2, 0) is 9.53 Å². The molecule has 1 aromatic heterocycles. The molecule has 1 unspecified atom stereocenters. The van der Waals surface area contributed by atoms with Crippen molar-refractivity contribution in [3.05, 3.63) is 99.0 Å². The lowest BCUT2D eigenvalue weighted by molar-refractivity contribution is -0.121. The van der Waals surface area contributed by atoms with Crippen LogP contribution in [0.1, 0.15) is 53.2 Å². The van der Waals surface area contributed by atoms with Crippen molar-refractivity contribution >= 4 is 41.2 Å². The molecule has 1 saturated heterocycles. The maximum atomic E-state index is 15.3. The quantitative estimate of drug-likeness (QED) is 0.210. The maximum Gasteiger partial charge on any atom is 0.279 e. The van der Waals surface area contributed by atoms with Gasteiger partial charge in [-0.2, -0.15) is 0 Å². The van der Waals surface area contributed by atoms with Gasteiger partial charge in [0, 0.05) is 24.2 Å². The van der Waals surface area contributed by atoms with Crippen LogP contribution in [0.4, 0.5) is 10.1 Å². The largest absolute Gasteiger partial charge is 0.496 e. The third-order valence-corrected chi connectivity index (χ3v) is 8.11. The highest BCUT2D eigenvalue weighted by molar-refractivity contribution is 6.31. The number of morpholine rings is 1. The molecule has 8 nitrogen and oxygen atoms in total. The van der Waals surface area contributed by atoms with Crippen LogP contribution >= 0.6 is 23.2 Å². The molecule has 0 bridgehead atoms. The molecule has 6 rings (SSSR count). The van der Waals surface area contributed by atoms with E-state index in [2.05, 4.69) is 0 Å². The molecule has 2 amide bonds. The molecule has 1 atom stereocenters. The van der Waals surface area contributed by atoms with Crippen LogP contribution in [0, 0.1) is 12.7 Å². The molecule has 11 heteroatoms. The number of halogens is 3. The van der Waals surface area contributed by atoms with E-state index in [1.807, 2.05) is 55.7 Å². The van der Waals surface area contributed by atoms with E-state index >= 15 is 4.39 Å². The van der Waals surface area contributed by atoms with Crippen LogP contribution in [-0.4, -0.2) is 60.2 Å². The summed E-state index contributed by atoms with van der Waals surface area (Å²) in [7, 11) is 1.61. The number of rotatable bonds is 6. The van der Waals surface area contributed by atoms with Gasteiger partial charge in [0.2, 0.25) is 6.41 Å². The first-order valence-electron chi connectivity index (χ1n) is 14.2. The monoisotopic (exact) mass is 638 g/mol. The molecule has 0 saturated carbocycles. The minimum Gasteiger partial charge on any atom is -0.496 e. The summed E-state index contributed by atoms with van der Waals surface area (Å²) < 4.78 is 27.9. The fraction of sp³-hybridized carbons (Fsp3) is 0.303. The number of hydrogen-bond donors (Lipinski definition) is 0. The van der Waals surface area contributed by atoms with Gasteiger partial charge in [0.25, 0.3) is 5.91 Å². The van der Waals surface area contributed by atoms with Crippen LogP contribution in [0.3, 0.4) is 0 Å². The minimum absolute atomic E-state index is 0.0587. The van der Waals surface area contributed by atoms with Crippen molar-refractivity contribution < 1.29 is 23.5 Å². The third-order valence-electron chi connectivity index (χ3n) is 7.57. The van der Waals surface area contributed by atoms with Gasteiger partial charge in [-0.1, -0.05) is 53.0 Å². The van der Waals surface area contributed by atoms with Crippen molar-refractivity contribution in [1.82, 2.24) is 14.5 Å². The average molecular weight is 640 g/mol. The number of carbonyl (C=O) groups excluding carboxylic acids is 2. The number of ether oxygens (including phenoxy) is 2. The number of amides is 2. The first-order chi connectivity index (χ1) is 21.2. The van der Waals surface area contributed by atoms with E-state index in [1.54, 1.807) is 36.3 Å². The van der Waals surface area contributed by atoms with Crippen molar-refractivity contribution in [2.24, 2.45) is 0 Å². The number of methoxy groups -OCH3 is 1. The Labute approximate surface area is 265 Å². The Morgan fingerprint density at radius 3 is 2.39 bits per heavy atom. The second kappa shape index (κ2) is 13.4. The molecule has 4 aromatic rings. The number of benzene rings is 3. The molecule has 1 fully saturated rings. The molecular formula is C33H33Cl2FN4O4. The number of imidazole rings is 1. The summed E-state index contributed by atoms with van der Waals surface area (Å²) in [5.41, 5.74) is 3.62. The van der Waals surface area contributed by atoms with Gasteiger partial charge in [-0.05, 0) is 62.7 Å². The fourth-order valence-electron chi connectivity index (χ4n) is 5.49. The van der Waals surface area contributed by atoms with Crippen LogP contribution in [0.15, 0.2) is 60.7 Å². The summed E-state index contributed by atoms with van der Waals surface area (Å²) in [6, 6.07) is 17.0. The molecule has 0 aliphatic carbocycles. The lowest BCUT2D eigenvalue weighted by Gasteiger charge is -2.29. The van der Waals surface area contributed by atoms with Crippen molar-refractivity contribution in [2.75, 3.05) is 38.3 Å². The van der Waals surface area contributed by atoms with E-state index in [0.717, 1.165) is 36.2 Å². The van der Waals surface area contributed by atoms with E-state index in [1.165, 1.54) is 11.0 Å². The predicted molar refractivity (Wildman–Crippen MR) is 169 cm³/mol. The lowest BCUT2D eigenvalue weighted by Crippen LogP contribution is -2.34. The van der Waals surface area contributed by atoms with Gasteiger partial charge in [0.1, 0.15) is 17.6 Å². The van der Waals surface area contributed by atoms with Gasteiger partial charge in [-0.15, -0.1) is 0 Å². The van der Waals surface area contributed by atoms with Crippen molar-refractivity contribution in [2.45, 2.75) is 32.9 Å². The summed E-state index contributed by atoms with van der Waals surface area (Å²) in [5.74, 6) is 0.209. The van der Waals surface area contributed by atoms with Crippen LogP contribution < -0.4 is 9.64 Å². The highest BCUT2D eigenvalue weighted by Crippen LogP contribution is 2.46. The number of aryl methyl sites for hydroxylation is 1. The molecule has 0 N–H and O–H groups in total. The smallest absolute Gasteiger partial charge is 0.279 e. The van der Waals surface area contributed by atoms with Crippen molar-refractivity contribution in [3.63, 3.8) is 0 Å². The number of hydrogen-bond acceptors (Lipinski definition) is 5. The molecule has 0 spiro atoms. The molecule has 230 valence electrons. The summed E-state index contributed by atoms with van der Waals surface area (Å²) >= 11 is 12.3. The molecule has 3 aromatic carbocycles. The van der Waals surface area contributed by atoms with Gasteiger partial charge in [-0.25, -0.2) is 9.37 Å². The Kier molecular flexibility index (Phi) is 9.58. The zero-order valence-corrected chi connectivity index (χ0v) is 26.4. The average Bonchev–Trinajstić information content (AvgIpc) is 3.55. The number of carbonyl (C=O) groups is 2. The molecule has 2 aliphatic rings. The Hall–Kier alpha value is -3.92. The molecule has 0 radical (unpaired) electrons. The van der Waals surface area contributed by atoms with Crippen LogP contribution in [0.5, 0.6) is 5.75 Å². The second-order valence-electron chi connectivity index (χ2n) is 10.8. The fourth-order valence-corrected chi connectivity index (χ4v) is 5.78. The summed E-state index contributed by atoms with van der Waals surface area (Å²) in [4.78, 5) is 32.0. The van der Waals surface area contributed by atoms with Gasteiger partial charge >= 0.3 is 0 Å². The first kappa shape index (κ1) is 31.5. The van der Waals surface area contributed by atoms with E-state index < -0.39 is 17.8 Å². The summed E-state index contributed by atoms with van der Waals surface area (Å²) in [6.07, 6.45) is 0.864. The lowest BCUT2D eigenvalue weighted by atomic mass is 10.0. The Morgan fingerprint density at radius 2 is 1.77 bits per heavy atom. The standard InChI is InChI=1S/C28H24Cl2FN3O2.C5H9NO2/c1-15(2)33-26-24(32-27(33)19-14-16(3)8-13-22(19)36-4)28(35)34(21-7-5-6-20(30)23(21)31)25(26)17-9-11-18(29)12-10-17;7-5-6-1-3-8-4-2-6/h5-15,25H,1-4H3;5H,1-4H2. The normalized spacial score (nSPS) is 16.1. The topological polar surface area (TPSA) is 76.9 Å². The number of fused-ring (bicyclic) bond motifs is 1. The summed E-state index contributed by atoms with van der Waals surface area (Å²) in [6.45, 7) is 8.94. The second-order valence-corrected chi connectivity index (χ2v) is 11.6. The Morgan fingerprint density at radius 1 is 1.07 bits per heavy atom. The van der Waals surface area contributed by atoms with Gasteiger partial charge in [-0.3, -0.25) is 14.5 Å². The Balaban J connectivity index is 0.000000418. The number of nitrogens with zero attached hydrogens (tertiary/aromatic N) is 4.